The molecule has 0 aliphatic carbocycles. The Balaban J connectivity index is 2.07. The average Bonchev–Trinajstić information content (AvgIpc) is 2.63. The Kier molecular flexibility index (Phi) is 2.22. The second-order valence-electron chi connectivity index (χ2n) is 5.26. The van der Waals surface area contributed by atoms with E-state index < -0.39 is 0 Å². The molecule has 0 fully saturated rings. The number of para-hydroxylation sites is 1. The summed E-state index contributed by atoms with van der Waals surface area (Å²) in [6.07, 6.45) is 0. The topological polar surface area (TPSA) is 12.0 Å². The Labute approximate surface area is 102 Å². The molecule has 1 nitrogen and oxygen atoms in total. The maximum Gasteiger partial charge on any atom is 0.0606 e. The van der Waals surface area contributed by atoms with Crippen molar-refractivity contribution < 1.29 is 0 Å². The smallest absolute Gasteiger partial charge is 0.0606 e. The molecule has 3 rings (SSSR count). The third-order valence-electron chi connectivity index (χ3n) is 3.78. The first-order chi connectivity index (χ1) is 8.19. The molecule has 0 saturated carbocycles. The molecule has 0 spiro atoms. The minimum absolute atomic E-state index is 0.137. The highest BCUT2D eigenvalue weighted by Gasteiger charge is 2.39. The van der Waals surface area contributed by atoms with Crippen molar-refractivity contribution in [1.82, 2.24) is 0 Å². The van der Waals surface area contributed by atoms with E-state index >= 15 is 0 Å². The third kappa shape index (κ3) is 1.54. The predicted octanol–water partition coefficient (Wildman–Crippen LogP) is 4.13. The van der Waals surface area contributed by atoms with Crippen LogP contribution in [-0.2, 0) is 5.41 Å². The van der Waals surface area contributed by atoms with Crippen LogP contribution in [-0.4, -0.2) is 0 Å². The number of anilines is 1. The zero-order valence-corrected chi connectivity index (χ0v) is 10.3. The zero-order valence-electron chi connectivity index (χ0n) is 10.3. The van der Waals surface area contributed by atoms with Gasteiger partial charge in [0.2, 0.25) is 0 Å². The molecule has 1 heteroatoms. The highest BCUT2D eigenvalue weighted by atomic mass is 15.0. The van der Waals surface area contributed by atoms with Gasteiger partial charge in [0.25, 0.3) is 0 Å². The molecule has 0 aromatic heterocycles. The Morgan fingerprint density at radius 2 is 1.53 bits per heavy atom. The van der Waals surface area contributed by atoms with E-state index in [0.717, 1.165) is 0 Å². The van der Waals surface area contributed by atoms with Crippen molar-refractivity contribution in [2.75, 3.05) is 5.32 Å². The van der Waals surface area contributed by atoms with E-state index in [1.807, 2.05) is 0 Å². The van der Waals surface area contributed by atoms with E-state index in [1.54, 1.807) is 0 Å². The van der Waals surface area contributed by atoms with Crippen LogP contribution in [0.25, 0.3) is 0 Å². The second-order valence-corrected chi connectivity index (χ2v) is 5.26. The lowest BCUT2D eigenvalue weighted by Crippen LogP contribution is -2.25. The molecule has 2 aromatic rings. The molecule has 0 bridgehead atoms. The van der Waals surface area contributed by atoms with Crippen molar-refractivity contribution in [3.8, 4) is 0 Å². The van der Waals surface area contributed by atoms with Gasteiger partial charge in [-0.15, -0.1) is 0 Å². The molecule has 0 radical (unpaired) electrons. The van der Waals surface area contributed by atoms with Crippen LogP contribution < -0.4 is 5.32 Å². The van der Waals surface area contributed by atoms with Gasteiger partial charge in [-0.2, -0.15) is 0 Å². The second kappa shape index (κ2) is 3.63. The fourth-order valence-electron chi connectivity index (χ4n) is 2.81. The summed E-state index contributed by atoms with van der Waals surface area (Å²) in [5.74, 6) is 0. The van der Waals surface area contributed by atoms with Gasteiger partial charge >= 0.3 is 0 Å². The van der Waals surface area contributed by atoms with Gasteiger partial charge in [0.1, 0.15) is 0 Å². The van der Waals surface area contributed by atoms with Gasteiger partial charge in [-0.1, -0.05) is 62.4 Å². The Morgan fingerprint density at radius 1 is 0.882 bits per heavy atom. The molecule has 1 heterocycles. The van der Waals surface area contributed by atoms with E-state index in [2.05, 4.69) is 73.8 Å². The van der Waals surface area contributed by atoms with Gasteiger partial charge in [-0.25, -0.2) is 0 Å². The minimum Gasteiger partial charge on any atom is -0.377 e. The number of nitrogens with one attached hydrogen (secondary N) is 1. The van der Waals surface area contributed by atoms with Crippen molar-refractivity contribution in [3.05, 3.63) is 65.7 Å². The summed E-state index contributed by atoms with van der Waals surface area (Å²) >= 11 is 0. The molecule has 0 unspecified atom stereocenters. The van der Waals surface area contributed by atoms with Crippen LogP contribution >= 0.6 is 0 Å². The molecular formula is C16H17N. The number of rotatable bonds is 1. The maximum absolute atomic E-state index is 3.64. The highest BCUT2D eigenvalue weighted by Crippen LogP contribution is 2.47. The van der Waals surface area contributed by atoms with Crippen LogP contribution in [0.1, 0.15) is 31.0 Å². The summed E-state index contributed by atoms with van der Waals surface area (Å²) in [7, 11) is 0. The van der Waals surface area contributed by atoms with E-state index in [9.17, 15) is 0 Å². The van der Waals surface area contributed by atoms with Crippen LogP contribution in [0.15, 0.2) is 54.6 Å². The largest absolute Gasteiger partial charge is 0.377 e. The van der Waals surface area contributed by atoms with E-state index in [0.29, 0.717) is 6.04 Å². The molecular weight excluding hydrogens is 206 g/mol. The quantitative estimate of drug-likeness (QED) is 0.766. The Hall–Kier alpha value is -1.76. The van der Waals surface area contributed by atoms with E-state index in [-0.39, 0.29) is 5.41 Å². The normalized spacial score (nSPS) is 20.7. The average molecular weight is 223 g/mol. The molecule has 1 N–H and O–H groups in total. The number of benzene rings is 2. The summed E-state index contributed by atoms with van der Waals surface area (Å²) in [6, 6.07) is 19.7. The van der Waals surface area contributed by atoms with Gasteiger partial charge in [-0.3, -0.25) is 0 Å². The summed E-state index contributed by atoms with van der Waals surface area (Å²) < 4.78 is 0. The van der Waals surface area contributed by atoms with Crippen molar-refractivity contribution in [2.45, 2.75) is 25.3 Å². The van der Waals surface area contributed by atoms with Gasteiger partial charge < -0.3 is 5.32 Å². The zero-order chi connectivity index (χ0) is 11.9. The van der Waals surface area contributed by atoms with Gasteiger partial charge in [-0.05, 0) is 17.2 Å². The van der Waals surface area contributed by atoms with Crippen LogP contribution in [0.3, 0.4) is 0 Å². The highest BCUT2D eigenvalue weighted by molar-refractivity contribution is 5.62. The minimum atomic E-state index is 0.137. The summed E-state index contributed by atoms with van der Waals surface area (Å²) in [4.78, 5) is 0. The first-order valence-electron chi connectivity index (χ1n) is 6.10. The fourth-order valence-corrected chi connectivity index (χ4v) is 2.81. The lowest BCUT2D eigenvalue weighted by Gasteiger charge is -2.28. The number of hydrogen-bond donors (Lipinski definition) is 1. The molecule has 17 heavy (non-hydrogen) atoms. The van der Waals surface area contributed by atoms with Gasteiger partial charge in [0.05, 0.1) is 6.04 Å². The maximum atomic E-state index is 3.64. The Bertz CT molecular complexity index is 528. The van der Waals surface area contributed by atoms with Crippen molar-refractivity contribution >= 4 is 5.69 Å². The first-order valence-corrected chi connectivity index (χ1v) is 6.10. The molecule has 0 saturated heterocycles. The Morgan fingerprint density at radius 3 is 2.24 bits per heavy atom. The van der Waals surface area contributed by atoms with E-state index in [1.165, 1.54) is 16.8 Å². The lowest BCUT2D eigenvalue weighted by atomic mass is 9.78. The molecule has 86 valence electrons. The van der Waals surface area contributed by atoms with Gasteiger partial charge in [0.15, 0.2) is 0 Å². The first kappa shape index (κ1) is 10.4. The molecule has 1 aliphatic rings. The van der Waals surface area contributed by atoms with E-state index in [4.69, 9.17) is 0 Å². The van der Waals surface area contributed by atoms with Crippen molar-refractivity contribution in [2.24, 2.45) is 0 Å². The molecule has 0 amide bonds. The van der Waals surface area contributed by atoms with Crippen LogP contribution in [0.4, 0.5) is 5.69 Å². The van der Waals surface area contributed by atoms with Crippen LogP contribution in [0, 0.1) is 0 Å². The van der Waals surface area contributed by atoms with Crippen molar-refractivity contribution in [3.63, 3.8) is 0 Å². The number of fused-ring (bicyclic) bond motifs is 1. The monoisotopic (exact) mass is 223 g/mol. The SMILES string of the molecule is CC1(C)c2ccccc2N[C@H]1c1ccccc1. The summed E-state index contributed by atoms with van der Waals surface area (Å²) in [5, 5.41) is 3.64. The molecule has 2 aromatic carbocycles. The molecule has 1 atom stereocenters. The van der Waals surface area contributed by atoms with Crippen LogP contribution in [0.2, 0.25) is 0 Å². The van der Waals surface area contributed by atoms with Crippen LogP contribution in [0.5, 0.6) is 0 Å². The van der Waals surface area contributed by atoms with Gasteiger partial charge in [0, 0.05) is 11.1 Å². The fraction of sp³-hybridized carbons (Fsp3) is 0.250. The predicted molar refractivity (Wildman–Crippen MR) is 72.3 cm³/mol. The van der Waals surface area contributed by atoms with Crippen molar-refractivity contribution in [1.29, 1.82) is 0 Å². The lowest BCUT2D eigenvalue weighted by molar-refractivity contribution is 0.474. The molecule has 1 aliphatic heterocycles. The summed E-state index contributed by atoms with van der Waals surface area (Å²) in [5.41, 5.74) is 4.17. The number of hydrogen-bond acceptors (Lipinski definition) is 1. The summed E-state index contributed by atoms with van der Waals surface area (Å²) in [6.45, 7) is 4.62. The third-order valence-corrected chi connectivity index (χ3v) is 3.78. The standard InChI is InChI=1S/C16H17N/c1-16(2)13-10-6-7-11-14(13)17-15(16)12-8-4-3-5-9-12/h3-11,15,17H,1-2H3/t15-/m0/s1.